The lowest BCUT2D eigenvalue weighted by atomic mass is 10.1. The van der Waals surface area contributed by atoms with Gasteiger partial charge in [0.15, 0.2) is 0 Å². The number of fused-ring (bicyclic) bond motifs is 1. The Balaban J connectivity index is 2.15. The summed E-state index contributed by atoms with van der Waals surface area (Å²) in [5, 5.41) is 11.0. The Kier molecular flexibility index (Phi) is 3.74. The number of hydrogen-bond acceptors (Lipinski definition) is 4. The Labute approximate surface area is 127 Å². The molecule has 0 spiro atoms. The lowest BCUT2D eigenvalue weighted by Gasteiger charge is -2.04. The summed E-state index contributed by atoms with van der Waals surface area (Å²) in [6, 6.07) is 14.8. The van der Waals surface area contributed by atoms with Crippen LogP contribution in [0.3, 0.4) is 0 Å². The summed E-state index contributed by atoms with van der Waals surface area (Å²) < 4.78 is 4.88. The second-order valence-electron chi connectivity index (χ2n) is 4.89. The van der Waals surface area contributed by atoms with Crippen LogP contribution in [0.25, 0.3) is 10.8 Å². The molecule has 22 heavy (non-hydrogen) atoms. The lowest BCUT2D eigenvalue weighted by molar-refractivity contribution is 0.312. The minimum atomic E-state index is -0.556. The Hall–Kier alpha value is -2.88. The van der Waals surface area contributed by atoms with Gasteiger partial charge >= 0.3 is 5.63 Å². The van der Waals surface area contributed by atoms with Crippen LogP contribution in [0.5, 0.6) is 5.95 Å². The summed E-state index contributed by atoms with van der Waals surface area (Å²) in [4.78, 5) is 16.2. The standard InChI is InChI=1S/C18H15NO3/c1-2-12-7-3-6-10-16(12)19-11-15-13-8-4-5-9-14(13)17(20)22-18(15)21/h3-11,21H,2H2,1H3. The average Bonchev–Trinajstić information content (AvgIpc) is 2.55. The summed E-state index contributed by atoms with van der Waals surface area (Å²) in [5.74, 6) is -0.415. The largest absolute Gasteiger partial charge is 0.480 e. The molecule has 1 aromatic heterocycles. The molecule has 0 aliphatic rings. The van der Waals surface area contributed by atoms with Crippen LogP contribution in [0.2, 0.25) is 0 Å². The molecule has 0 radical (unpaired) electrons. The molecule has 0 bridgehead atoms. The lowest BCUT2D eigenvalue weighted by Crippen LogP contribution is -2.01. The molecule has 1 N–H and O–H groups in total. The summed E-state index contributed by atoms with van der Waals surface area (Å²) in [6.07, 6.45) is 2.40. The monoisotopic (exact) mass is 293 g/mol. The van der Waals surface area contributed by atoms with Crippen LogP contribution in [0.15, 0.2) is 62.7 Å². The van der Waals surface area contributed by atoms with Crippen LogP contribution in [-0.4, -0.2) is 11.3 Å². The third-order valence-corrected chi connectivity index (χ3v) is 3.56. The van der Waals surface area contributed by atoms with Gasteiger partial charge in [-0.1, -0.05) is 43.3 Å². The molecule has 0 saturated carbocycles. The number of rotatable bonds is 3. The predicted molar refractivity (Wildman–Crippen MR) is 87.2 cm³/mol. The Morgan fingerprint density at radius 2 is 1.77 bits per heavy atom. The van der Waals surface area contributed by atoms with E-state index in [1.165, 1.54) is 6.21 Å². The molecule has 0 aliphatic carbocycles. The van der Waals surface area contributed by atoms with E-state index in [-0.39, 0.29) is 0 Å². The van der Waals surface area contributed by atoms with Gasteiger partial charge in [0.2, 0.25) is 0 Å². The fourth-order valence-electron chi connectivity index (χ4n) is 2.40. The van der Waals surface area contributed by atoms with Gasteiger partial charge in [-0.25, -0.2) is 4.79 Å². The number of aromatic hydroxyl groups is 1. The molecule has 2 aromatic carbocycles. The van der Waals surface area contributed by atoms with E-state index >= 15 is 0 Å². The number of para-hydroxylation sites is 1. The van der Waals surface area contributed by atoms with Crippen LogP contribution in [0, 0.1) is 0 Å². The highest BCUT2D eigenvalue weighted by Gasteiger charge is 2.11. The van der Waals surface area contributed by atoms with E-state index in [4.69, 9.17) is 4.42 Å². The van der Waals surface area contributed by atoms with E-state index in [1.807, 2.05) is 24.3 Å². The second-order valence-corrected chi connectivity index (χ2v) is 4.89. The van der Waals surface area contributed by atoms with Gasteiger partial charge in [0.25, 0.3) is 5.95 Å². The smallest absolute Gasteiger partial charge is 0.346 e. The number of aryl methyl sites for hydroxylation is 1. The van der Waals surface area contributed by atoms with Crippen molar-refractivity contribution in [2.75, 3.05) is 0 Å². The quantitative estimate of drug-likeness (QED) is 0.747. The van der Waals surface area contributed by atoms with Crippen LogP contribution >= 0.6 is 0 Å². The zero-order valence-electron chi connectivity index (χ0n) is 12.1. The first-order valence-electron chi connectivity index (χ1n) is 7.07. The molecular weight excluding hydrogens is 278 g/mol. The van der Waals surface area contributed by atoms with Crippen LogP contribution in [-0.2, 0) is 6.42 Å². The molecule has 0 saturated heterocycles. The maximum atomic E-state index is 11.8. The van der Waals surface area contributed by atoms with Gasteiger partial charge < -0.3 is 9.52 Å². The van der Waals surface area contributed by atoms with Crippen molar-refractivity contribution in [3.05, 3.63) is 70.1 Å². The zero-order chi connectivity index (χ0) is 15.5. The number of hydrogen-bond donors (Lipinski definition) is 1. The van der Waals surface area contributed by atoms with E-state index < -0.39 is 11.6 Å². The molecule has 0 atom stereocenters. The summed E-state index contributed by atoms with van der Waals surface area (Å²) in [6.45, 7) is 2.06. The maximum absolute atomic E-state index is 11.8. The highest BCUT2D eigenvalue weighted by atomic mass is 16.5. The van der Waals surface area contributed by atoms with E-state index in [2.05, 4.69) is 11.9 Å². The topological polar surface area (TPSA) is 62.8 Å². The molecule has 1 heterocycles. The van der Waals surface area contributed by atoms with Gasteiger partial charge in [-0.05, 0) is 24.1 Å². The number of nitrogens with zero attached hydrogens (tertiary/aromatic N) is 1. The van der Waals surface area contributed by atoms with Crippen molar-refractivity contribution in [3.63, 3.8) is 0 Å². The molecule has 4 heteroatoms. The van der Waals surface area contributed by atoms with Crippen molar-refractivity contribution in [2.24, 2.45) is 4.99 Å². The molecule has 0 amide bonds. The van der Waals surface area contributed by atoms with Crippen LogP contribution in [0.1, 0.15) is 18.1 Å². The van der Waals surface area contributed by atoms with Gasteiger partial charge in [-0.15, -0.1) is 0 Å². The SMILES string of the molecule is CCc1ccccc1N=Cc1c(O)oc(=O)c2ccccc12. The molecule has 3 aromatic rings. The maximum Gasteiger partial charge on any atom is 0.346 e. The first-order chi connectivity index (χ1) is 10.7. The van der Waals surface area contributed by atoms with Crippen molar-refractivity contribution in [3.8, 4) is 5.95 Å². The first kappa shape index (κ1) is 14.1. The summed E-state index contributed by atoms with van der Waals surface area (Å²) in [7, 11) is 0. The van der Waals surface area contributed by atoms with Crippen molar-refractivity contribution in [2.45, 2.75) is 13.3 Å². The highest BCUT2D eigenvalue weighted by molar-refractivity contribution is 6.01. The molecule has 110 valence electrons. The van der Waals surface area contributed by atoms with E-state index in [0.717, 1.165) is 17.7 Å². The van der Waals surface area contributed by atoms with Crippen molar-refractivity contribution in [1.29, 1.82) is 0 Å². The molecule has 3 rings (SSSR count). The van der Waals surface area contributed by atoms with Gasteiger partial charge in [-0.3, -0.25) is 4.99 Å². The minimum Gasteiger partial charge on any atom is -0.480 e. The van der Waals surface area contributed by atoms with E-state index in [1.54, 1.807) is 24.3 Å². The average molecular weight is 293 g/mol. The first-order valence-corrected chi connectivity index (χ1v) is 7.07. The minimum absolute atomic E-state index is 0.404. The fourth-order valence-corrected chi connectivity index (χ4v) is 2.40. The van der Waals surface area contributed by atoms with Gasteiger partial charge in [0.05, 0.1) is 16.6 Å². The molecule has 0 unspecified atom stereocenters. The molecule has 4 nitrogen and oxygen atoms in total. The Bertz CT molecular complexity index is 910. The number of aliphatic imine (C=N–C) groups is 1. The second kappa shape index (κ2) is 5.85. The van der Waals surface area contributed by atoms with Crippen LogP contribution < -0.4 is 5.63 Å². The van der Waals surface area contributed by atoms with Crippen molar-refractivity contribution >= 4 is 22.7 Å². The number of benzene rings is 2. The van der Waals surface area contributed by atoms with Gasteiger partial charge in [0, 0.05) is 11.6 Å². The fraction of sp³-hybridized carbons (Fsp3) is 0.111. The summed E-state index contributed by atoms with van der Waals surface area (Å²) in [5.41, 5.74) is 1.79. The summed E-state index contributed by atoms with van der Waals surface area (Å²) >= 11 is 0. The van der Waals surface area contributed by atoms with Crippen molar-refractivity contribution in [1.82, 2.24) is 0 Å². The van der Waals surface area contributed by atoms with Gasteiger partial charge in [0.1, 0.15) is 0 Å². The molecular formula is C18H15NO3. The highest BCUT2D eigenvalue weighted by Crippen LogP contribution is 2.24. The van der Waals surface area contributed by atoms with Crippen LogP contribution in [0.4, 0.5) is 5.69 Å². The zero-order valence-corrected chi connectivity index (χ0v) is 12.1. The Morgan fingerprint density at radius 1 is 1.09 bits per heavy atom. The van der Waals surface area contributed by atoms with E-state index in [0.29, 0.717) is 16.3 Å². The molecule has 0 aliphatic heterocycles. The molecule has 0 fully saturated rings. The van der Waals surface area contributed by atoms with E-state index in [9.17, 15) is 9.90 Å². The van der Waals surface area contributed by atoms with Gasteiger partial charge in [-0.2, -0.15) is 0 Å². The normalized spacial score (nSPS) is 11.3. The Morgan fingerprint density at radius 3 is 2.55 bits per heavy atom. The third kappa shape index (κ3) is 2.51. The van der Waals surface area contributed by atoms with Crippen molar-refractivity contribution < 1.29 is 9.52 Å². The predicted octanol–water partition coefficient (Wildman–Crippen LogP) is 3.81. The third-order valence-electron chi connectivity index (χ3n) is 3.56.